The Kier molecular flexibility index (Phi) is 3.01. The van der Waals surface area contributed by atoms with Gasteiger partial charge in [0.25, 0.3) is 0 Å². The fraction of sp³-hybridized carbons (Fsp3) is 0.444. The molecule has 1 amide bonds. The summed E-state index contributed by atoms with van der Waals surface area (Å²) in [7, 11) is 3.47. The number of amides is 1. The Morgan fingerprint density at radius 3 is 2.57 bits per heavy atom. The number of aryl methyl sites for hydroxylation is 2. The predicted molar refractivity (Wildman–Crippen MR) is 54.1 cm³/mol. The molecule has 0 radical (unpaired) electrons. The number of carbonyl (C=O) groups is 1. The van der Waals surface area contributed by atoms with Crippen LogP contribution in [0, 0.1) is 13.8 Å². The second-order valence-electron chi connectivity index (χ2n) is 3.13. The first-order chi connectivity index (χ1) is 6.56. The van der Waals surface area contributed by atoms with E-state index >= 15 is 0 Å². The maximum atomic E-state index is 10.3. The van der Waals surface area contributed by atoms with Gasteiger partial charge in [-0.05, 0) is 13.8 Å². The maximum absolute atomic E-state index is 10.3. The zero-order chi connectivity index (χ0) is 10.7. The molecular weight excluding hydrogens is 180 g/mol. The van der Waals surface area contributed by atoms with Gasteiger partial charge in [-0.15, -0.1) is 0 Å². The van der Waals surface area contributed by atoms with Crippen LogP contribution in [0.3, 0.4) is 0 Å². The Hall–Kier alpha value is -1.65. The van der Waals surface area contributed by atoms with E-state index < -0.39 is 0 Å². The quantitative estimate of drug-likeness (QED) is 0.399. The minimum atomic E-state index is 0.650. The average Bonchev–Trinajstić information content (AvgIpc) is 2.39. The van der Waals surface area contributed by atoms with Crippen molar-refractivity contribution in [1.82, 2.24) is 14.8 Å². The largest absolute Gasteiger partial charge is 0.277 e. The van der Waals surface area contributed by atoms with Gasteiger partial charge in [-0.3, -0.25) is 9.48 Å². The van der Waals surface area contributed by atoms with Crippen molar-refractivity contribution in [2.45, 2.75) is 13.8 Å². The van der Waals surface area contributed by atoms with Crippen molar-refractivity contribution in [1.29, 1.82) is 0 Å². The zero-order valence-electron chi connectivity index (χ0n) is 8.85. The van der Waals surface area contributed by atoms with Gasteiger partial charge in [0.1, 0.15) is 0 Å². The Bertz CT molecular complexity index is 367. The van der Waals surface area contributed by atoms with E-state index in [1.807, 2.05) is 20.9 Å². The van der Waals surface area contributed by atoms with Crippen LogP contribution >= 0.6 is 0 Å². The van der Waals surface area contributed by atoms with Crippen LogP contribution in [0.2, 0.25) is 0 Å². The topological polar surface area (TPSA) is 50.5 Å². The molecule has 76 valence electrons. The minimum absolute atomic E-state index is 0.650. The molecule has 1 rings (SSSR count). The van der Waals surface area contributed by atoms with Gasteiger partial charge < -0.3 is 0 Å². The molecule has 1 aromatic heterocycles. The smallest absolute Gasteiger partial charge is 0.229 e. The van der Waals surface area contributed by atoms with Gasteiger partial charge in [0, 0.05) is 25.4 Å². The second-order valence-corrected chi connectivity index (χ2v) is 3.13. The zero-order valence-corrected chi connectivity index (χ0v) is 8.85. The van der Waals surface area contributed by atoms with Crippen molar-refractivity contribution in [2.24, 2.45) is 12.1 Å². The fourth-order valence-corrected chi connectivity index (χ4v) is 1.15. The Labute approximate surface area is 83.0 Å². The molecule has 0 N–H and O–H groups in total. The van der Waals surface area contributed by atoms with Crippen LogP contribution in [0.4, 0.5) is 0 Å². The lowest BCUT2D eigenvalue weighted by molar-refractivity contribution is -0.116. The van der Waals surface area contributed by atoms with E-state index in [1.165, 1.54) is 5.01 Å². The average molecular weight is 194 g/mol. The summed E-state index contributed by atoms with van der Waals surface area (Å²) in [6.07, 6.45) is 2.30. The van der Waals surface area contributed by atoms with Crippen molar-refractivity contribution < 1.29 is 4.79 Å². The van der Waals surface area contributed by atoms with E-state index in [9.17, 15) is 4.79 Å². The van der Waals surface area contributed by atoms with E-state index in [4.69, 9.17) is 0 Å². The molecule has 0 saturated carbocycles. The summed E-state index contributed by atoms with van der Waals surface area (Å²) < 4.78 is 1.79. The molecule has 0 aliphatic carbocycles. The summed E-state index contributed by atoms with van der Waals surface area (Å²) in [4.78, 5) is 10.3. The molecular formula is C9H14N4O. The molecule has 0 atom stereocenters. The molecule has 0 bridgehead atoms. The van der Waals surface area contributed by atoms with Gasteiger partial charge in [0.15, 0.2) is 0 Å². The lowest BCUT2D eigenvalue weighted by Crippen LogP contribution is -2.07. The van der Waals surface area contributed by atoms with Crippen molar-refractivity contribution in [3.8, 4) is 0 Å². The normalized spacial score (nSPS) is 10.9. The molecule has 0 unspecified atom stereocenters. The highest BCUT2D eigenvalue weighted by Gasteiger charge is 2.06. The van der Waals surface area contributed by atoms with Crippen molar-refractivity contribution >= 4 is 12.6 Å². The van der Waals surface area contributed by atoms with E-state index in [1.54, 1.807) is 17.9 Å². The summed E-state index contributed by atoms with van der Waals surface area (Å²) in [6.45, 7) is 3.87. The first-order valence-corrected chi connectivity index (χ1v) is 4.28. The summed E-state index contributed by atoms with van der Waals surface area (Å²) in [5.74, 6) is 0. The van der Waals surface area contributed by atoms with Crippen LogP contribution in [0.5, 0.6) is 0 Å². The summed E-state index contributed by atoms with van der Waals surface area (Å²) in [5.41, 5.74) is 2.90. The third-order valence-corrected chi connectivity index (χ3v) is 2.09. The highest BCUT2D eigenvalue weighted by Crippen LogP contribution is 2.08. The summed E-state index contributed by atoms with van der Waals surface area (Å²) >= 11 is 0. The molecule has 0 saturated heterocycles. The van der Waals surface area contributed by atoms with Gasteiger partial charge in [-0.25, -0.2) is 5.01 Å². The SMILES string of the molecule is Cc1nn(C)c(C)c1C=NN(C)C=O. The number of hydrogen-bond acceptors (Lipinski definition) is 3. The van der Waals surface area contributed by atoms with Gasteiger partial charge >= 0.3 is 0 Å². The van der Waals surface area contributed by atoms with Crippen LogP contribution in [0.25, 0.3) is 0 Å². The lowest BCUT2D eigenvalue weighted by atomic mass is 10.2. The molecule has 0 fully saturated rings. The summed E-state index contributed by atoms with van der Waals surface area (Å²) in [6, 6.07) is 0. The highest BCUT2D eigenvalue weighted by molar-refractivity contribution is 5.82. The first kappa shape index (κ1) is 10.4. The standard InChI is InChI=1S/C9H14N4O/c1-7-9(5-10-12(3)6-14)8(2)13(4)11-7/h5-6H,1-4H3. The van der Waals surface area contributed by atoms with E-state index in [-0.39, 0.29) is 0 Å². The Morgan fingerprint density at radius 1 is 1.50 bits per heavy atom. The van der Waals surface area contributed by atoms with Crippen LogP contribution < -0.4 is 0 Å². The molecule has 0 aliphatic rings. The van der Waals surface area contributed by atoms with E-state index in [0.29, 0.717) is 6.41 Å². The van der Waals surface area contributed by atoms with Crippen molar-refractivity contribution in [2.75, 3.05) is 7.05 Å². The van der Waals surface area contributed by atoms with Crippen LogP contribution in [-0.2, 0) is 11.8 Å². The predicted octanol–water partition coefficient (Wildman–Crippen LogP) is 0.459. The second kappa shape index (κ2) is 4.04. The van der Waals surface area contributed by atoms with Gasteiger partial charge in [0.2, 0.25) is 6.41 Å². The molecule has 5 nitrogen and oxygen atoms in total. The number of carbonyl (C=O) groups excluding carboxylic acids is 1. The number of hydrazone groups is 1. The van der Waals surface area contributed by atoms with Crippen LogP contribution in [0.1, 0.15) is 17.0 Å². The van der Waals surface area contributed by atoms with Crippen molar-refractivity contribution in [3.63, 3.8) is 0 Å². The number of nitrogens with zero attached hydrogens (tertiary/aromatic N) is 4. The number of rotatable bonds is 3. The minimum Gasteiger partial charge on any atom is -0.277 e. The molecule has 0 aromatic carbocycles. The third-order valence-electron chi connectivity index (χ3n) is 2.09. The Balaban J connectivity index is 2.96. The maximum Gasteiger partial charge on any atom is 0.229 e. The van der Waals surface area contributed by atoms with Gasteiger partial charge in [-0.1, -0.05) is 0 Å². The molecule has 1 heterocycles. The monoisotopic (exact) mass is 194 g/mol. The Morgan fingerprint density at radius 2 is 2.14 bits per heavy atom. The molecule has 5 heteroatoms. The van der Waals surface area contributed by atoms with E-state index in [0.717, 1.165) is 17.0 Å². The lowest BCUT2D eigenvalue weighted by Gasteiger charge is -2.00. The number of aromatic nitrogens is 2. The first-order valence-electron chi connectivity index (χ1n) is 4.28. The summed E-state index contributed by atoms with van der Waals surface area (Å²) in [5, 5.41) is 9.38. The third kappa shape index (κ3) is 1.99. The number of hydrogen-bond donors (Lipinski definition) is 0. The van der Waals surface area contributed by atoms with Crippen LogP contribution in [0.15, 0.2) is 5.10 Å². The molecule has 0 spiro atoms. The highest BCUT2D eigenvalue weighted by atomic mass is 16.1. The molecule has 0 aliphatic heterocycles. The molecule has 1 aromatic rings. The fourth-order valence-electron chi connectivity index (χ4n) is 1.15. The molecule has 14 heavy (non-hydrogen) atoms. The van der Waals surface area contributed by atoms with E-state index in [2.05, 4.69) is 10.2 Å². The van der Waals surface area contributed by atoms with Crippen molar-refractivity contribution in [3.05, 3.63) is 17.0 Å². The van der Waals surface area contributed by atoms with Crippen LogP contribution in [-0.4, -0.2) is 34.5 Å². The van der Waals surface area contributed by atoms with Gasteiger partial charge in [-0.2, -0.15) is 10.2 Å². The van der Waals surface area contributed by atoms with Gasteiger partial charge in [0.05, 0.1) is 11.9 Å².